The van der Waals surface area contributed by atoms with Crippen LogP contribution in [0.25, 0.3) is 0 Å². The normalized spacial score (nSPS) is 11.0. The van der Waals surface area contributed by atoms with E-state index in [2.05, 4.69) is 26.0 Å². The van der Waals surface area contributed by atoms with Crippen molar-refractivity contribution in [2.45, 2.75) is 4.90 Å². The Morgan fingerprint density at radius 2 is 1.69 bits per heavy atom. The number of carbonyl (C=O) groups is 1. The number of phenolic OH excluding ortho intramolecular Hbond substituents is 1. The Labute approximate surface area is 176 Å². The molecule has 3 rings (SSSR count). The first-order valence-corrected chi connectivity index (χ1v) is 10.6. The number of hydrogen-bond acceptors (Lipinski definition) is 5. The third-order valence-electron chi connectivity index (χ3n) is 3.98. The summed E-state index contributed by atoms with van der Waals surface area (Å²) in [5, 5.41) is 12.6. The van der Waals surface area contributed by atoms with E-state index in [1.165, 1.54) is 25.3 Å². The molecule has 0 aliphatic heterocycles. The van der Waals surface area contributed by atoms with Crippen molar-refractivity contribution in [3.63, 3.8) is 0 Å². The number of ether oxygens (including phenoxy) is 1. The van der Waals surface area contributed by atoms with Crippen LogP contribution in [0.5, 0.6) is 11.5 Å². The molecular weight excluding hydrogens is 460 g/mol. The summed E-state index contributed by atoms with van der Waals surface area (Å²) in [6, 6.07) is 16.8. The third kappa shape index (κ3) is 4.87. The molecule has 0 radical (unpaired) electrons. The highest BCUT2D eigenvalue weighted by atomic mass is 79.9. The van der Waals surface area contributed by atoms with Crippen LogP contribution < -0.4 is 14.8 Å². The zero-order valence-corrected chi connectivity index (χ0v) is 17.6. The molecule has 0 unspecified atom stereocenters. The van der Waals surface area contributed by atoms with Gasteiger partial charge in [-0.15, -0.1) is 0 Å². The number of rotatable bonds is 6. The molecular formula is C20H17BrN2O5S. The summed E-state index contributed by atoms with van der Waals surface area (Å²) >= 11 is 3.29. The molecule has 29 heavy (non-hydrogen) atoms. The molecule has 7 nitrogen and oxygen atoms in total. The first kappa shape index (κ1) is 20.7. The number of hydrogen-bond donors (Lipinski definition) is 3. The molecule has 0 heterocycles. The number of carbonyl (C=O) groups excluding carboxylic acids is 1. The lowest BCUT2D eigenvalue weighted by atomic mass is 10.2. The van der Waals surface area contributed by atoms with Gasteiger partial charge in [-0.25, -0.2) is 8.42 Å². The fraction of sp³-hybridized carbons (Fsp3) is 0.0500. The van der Waals surface area contributed by atoms with Crippen LogP contribution in [0.4, 0.5) is 11.4 Å². The molecule has 3 N–H and O–H groups in total. The van der Waals surface area contributed by atoms with Crippen LogP contribution in [-0.2, 0) is 10.0 Å². The van der Waals surface area contributed by atoms with Gasteiger partial charge in [-0.2, -0.15) is 0 Å². The van der Waals surface area contributed by atoms with Gasteiger partial charge in [0.25, 0.3) is 15.9 Å². The first-order chi connectivity index (χ1) is 13.8. The van der Waals surface area contributed by atoms with Gasteiger partial charge >= 0.3 is 0 Å². The van der Waals surface area contributed by atoms with Gasteiger partial charge in [0.1, 0.15) is 11.5 Å². The zero-order chi connectivity index (χ0) is 21.0. The van der Waals surface area contributed by atoms with Gasteiger partial charge in [0, 0.05) is 10.0 Å². The largest absolute Gasteiger partial charge is 0.506 e. The van der Waals surface area contributed by atoms with Crippen molar-refractivity contribution in [1.29, 1.82) is 0 Å². The molecule has 0 aliphatic rings. The number of nitrogens with one attached hydrogen (secondary N) is 2. The van der Waals surface area contributed by atoms with Crippen LogP contribution in [0.2, 0.25) is 0 Å². The second-order valence-corrected chi connectivity index (χ2v) is 8.54. The van der Waals surface area contributed by atoms with Crippen LogP contribution in [0.1, 0.15) is 10.4 Å². The number of halogens is 1. The highest BCUT2D eigenvalue weighted by Gasteiger charge is 2.19. The summed E-state index contributed by atoms with van der Waals surface area (Å²) in [5.41, 5.74) is 0.595. The van der Waals surface area contributed by atoms with Gasteiger partial charge in [-0.3, -0.25) is 9.52 Å². The van der Waals surface area contributed by atoms with Crippen molar-refractivity contribution in [2.75, 3.05) is 17.1 Å². The fourth-order valence-electron chi connectivity index (χ4n) is 2.51. The third-order valence-corrected chi connectivity index (χ3v) is 5.88. The minimum Gasteiger partial charge on any atom is -0.506 e. The SMILES string of the molecule is COc1ccccc1NS(=O)(=O)c1ccc(O)c(NC(=O)c2ccc(Br)cc2)c1. The van der Waals surface area contributed by atoms with E-state index in [1.54, 1.807) is 48.5 Å². The monoisotopic (exact) mass is 476 g/mol. The molecule has 0 bridgehead atoms. The number of amides is 1. The summed E-state index contributed by atoms with van der Waals surface area (Å²) in [5.74, 6) is -0.384. The Morgan fingerprint density at radius 3 is 2.38 bits per heavy atom. The van der Waals surface area contributed by atoms with E-state index in [0.29, 0.717) is 11.3 Å². The Kier molecular flexibility index (Phi) is 6.09. The van der Waals surface area contributed by atoms with Gasteiger partial charge in [0.05, 0.1) is 23.4 Å². The molecule has 0 fully saturated rings. The topological polar surface area (TPSA) is 105 Å². The van der Waals surface area contributed by atoms with Crippen LogP contribution in [0.15, 0.2) is 76.1 Å². The minimum absolute atomic E-state index is 0.0270. The van der Waals surface area contributed by atoms with Crippen molar-refractivity contribution in [2.24, 2.45) is 0 Å². The van der Waals surface area contributed by atoms with Crippen LogP contribution in [0, 0.1) is 0 Å². The van der Waals surface area contributed by atoms with Gasteiger partial charge in [0.15, 0.2) is 0 Å². The van der Waals surface area contributed by atoms with E-state index in [1.807, 2.05) is 0 Å². The Morgan fingerprint density at radius 1 is 1.00 bits per heavy atom. The maximum atomic E-state index is 12.8. The highest BCUT2D eigenvalue weighted by molar-refractivity contribution is 9.10. The van der Waals surface area contributed by atoms with Crippen molar-refractivity contribution >= 4 is 43.2 Å². The van der Waals surface area contributed by atoms with E-state index >= 15 is 0 Å². The highest BCUT2D eigenvalue weighted by Crippen LogP contribution is 2.30. The smallest absolute Gasteiger partial charge is 0.262 e. The van der Waals surface area contributed by atoms with E-state index in [4.69, 9.17) is 4.74 Å². The summed E-state index contributed by atoms with van der Waals surface area (Å²) in [4.78, 5) is 12.3. The summed E-state index contributed by atoms with van der Waals surface area (Å²) in [6.45, 7) is 0. The van der Waals surface area contributed by atoms with Gasteiger partial charge in [-0.05, 0) is 54.6 Å². The standard InChI is InChI=1S/C20H17BrN2O5S/c1-28-19-5-3-2-4-16(19)23-29(26,27)15-10-11-18(24)17(12-15)22-20(25)13-6-8-14(21)9-7-13/h2-12,23-24H,1H3,(H,22,25). The van der Waals surface area contributed by atoms with Crippen molar-refractivity contribution in [3.05, 3.63) is 76.8 Å². The fourth-order valence-corrected chi connectivity index (χ4v) is 3.87. The average Bonchev–Trinajstić information content (AvgIpc) is 2.70. The van der Waals surface area contributed by atoms with E-state index in [9.17, 15) is 18.3 Å². The lowest BCUT2D eigenvalue weighted by Crippen LogP contribution is -2.15. The van der Waals surface area contributed by atoms with Gasteiger partial charge < -0.3 is 15.2 Å². The Balaban J connectivity index is 1.87. The number of anilines is 2. The quantitative estimate of drug-likeness (QED) is 0.462. The number of methoxy groups -OCH3 is 1. The van der Waals surface area contributed by atoms with Gasteiger partial charge in [-0.1, -0.05) is 28.1 Å². The maximum Gasteiger partial charge on any atom is 0.262 e. The molecule has 0 spiro atoms. The Hall–Kier alpha value is -3.04. The Bertz CT molecular complexity index is 1150. The van der Waals surface area contributed by atoms with E-state index in [0.717, 1.165) is 4.47 Å². The maximum absolute atomic E-state index is 12.8. The lowest BCUT2D eigenvalue weighted by molar-refractivity contribution is 0.102. The molecule has 0 saturated heterocycles. The number of aromatic hydroxyl groups is 1. The predicted octanol–water partition coefficient (Wildman–Crippen LogP) is 4.22. The van der Waals surface area contributed by atoms with E-state index in [-0.39, 0.29) is 22.0 Å². The molecule has 0 atom stereocenters. The van der Waals surface area contributed by atoms with E-state index < -0.39 is 15.9 Å². The number of sulfonamides is 1. The summed E-state index contributed by atoms with van der Waals surface area (Å²) < 4.78 is 33.9. The molecule has 1 amide bonds. The average molecular weight is 477 g/mol. The first-order valence-electron chi connectivity index (χ1n) is 8.36. The molecule has 0 aromatic heterocycles. The van der Waals surface area contributed by atoms with Crippen LogP contribution >= 0.6 is 15.9 Å². The van der Waals surface area contributed by atoms with Crippen LogP contribution in [-0.4, -0.2) is 26.5 Å². The molecule has 0 saturated carbocycles. The molecule has 9 heteroatoms. The summed E-state index contributed by atoms with van der Waals surface area (Å²) in [7, 11) is -2.56. The second-order valence-electron chi connectivity index (χ2n) is 5.95. The number of benzene rings is 3. The second kappa shape index (κ2) is 8.54. The van der Waals surface area contributed by atoms with Crippen LogP contribution in [0.3, 0.4) is 0 Å². The van der Waals surface area contributed by atoms with Crippen molar-refractivity contribution in [3.8, 4) is 11.5 Å². The molecule has 3 aromatic carbocycles. The molecule has 0 aliphatic carbocycles. The van der Waals surface area contributed by atoms with Crippen molar-refractivity contribution < 1.29 is 23.1 Å². The lowest BCUT2D eigenvalue weighted by Gasteiger charge is -2.13. The van der Waals surface area contributed by atoms with Crippen molar-refractivity contribution in [1.82, 2.24) is 0 Å². The number of phenols is 1. The number of para-hydroxylation sites is 2. The predicted molar refractivity (Wildman–Crippen MR) is 114 cm³/mol. The van der Waals surface area contributed by atoms with Gasteiger partial charge in [0.2, 0.25) is 0 Å². The minimum atomic E-state index is -3.99. The molecule has 150 valence electrons. The summed E-state index contributed by atoms with van der Waals surface area (Å²) in [6.07, 6.45) is 0. The zero-order valence-electron chi connectivity index (χ0n) is 15.2. The molecule has 3 aromatic rings.